The summed E-state index contributed by atoms with van der Waals surface area (Å²) in [7, 11) is 0. The number of benzene rings is 2. The minimum absolute atomic E-state index is 0. The normalized spacial score (nSPS) is 13.4. The molecule has 3 rings (SSSR count). The van der Waals surface area contributed by atoms with E-state index in [1.807, 2.05) is 42.5 Å². The summed E-state index contributed by atoms with van der Waals surface area (Å²) in [5.74, 6) is -0.129. The van der Waals surface area contributed by atoms with Gasteiger partial charge in [0.05, 0.1) is 11.4 Å². The van der Waals surface area contributed by atoms with E-state index in [1.54, 1.807) is 0 Å². The Kier molecular flexibility index (Phi) is 5.04. The molecule has 0 radical (unpaired) electrons. The van der Waals surface area contributed by atoms with Crippen LogP contribution in [0, 0.1) is 0 Å². The summed E-state index contributed by atoms with van der Waals surface area (Å²) in [5.41, 5.74) is 3.16. The van der Waals surface area contributed by atoms with E-state index in [9.17, 15) is 4.79 Å². The van der Waals surface area contributed by atoms with Gasteiger partial charge in [-0.1, -0.05) is 45.7 Å². The van der Waals surface area contributed by atoms with Gasteiger partial charge in [0, 0.05) is 20.6 Å². The van der Waals surface area contributed by atoms with E-state index in [1.165, 1.54) is 0 Å². The Bertz CT molecular complexity index is 731. The number of hydrogen-bond acceptors (Lipinski definition) is 2. The maximum Gasteiger partial charge on any atom is 0.246 e. The van der Waals surface area contributed by atoms with Crippen molar-refractivity contribution in [3.05, 3.63) is 63.1 Å². The molecule has 0 fully saturated rings. The Labute approximate surface area is 142 Å². The van der Waals surface area contributed by atoms with Gasteiger partial charge in [0.25, 0.3) is 0 Å². The van der Waals surface area contributed by atoms with Crippen LogP contribution in [0.15, 0.2) is 51.9 Å². The highest BCUT2D eigenvalue weighted by Crippen LogP contribution is 2.28. The molecule has 2 aromatic rings. The van der Waals surface area contributed by atoms with Crippen LogP contribution < -0.4 is 5.32 Å². The summed E-state index contributed by atoms with van der Waals surface area (Å²) in [5, 5.41) is 3.47. The smallest absolute Gasteiger partial charge is 0.246 e. The number of hydrogen-bond donors (Lipinski definition) is 1. The Morgan fingerprint density at radius 2 is 1.90 bits per heavy atom. The largest absolute Gasteiger partial charge is 0.324 e. The molecule has 0 spiro atoms. The molecule has 0 saturated carbocycles. The molecule has 1 aliphatic rings. The fourth-order valence-corrected chi connectivity index (χ4v) is 2.72. The highest BCUT2D eigenvalue weighted by Gasteiger charge is 2.19. The number of anilines is 1. The van der Waals surface area contributed by atoms with Crippen LogP contribution in [-0.2, 0) is 4.79 Å². The second-order valence-electron chi connectivity index (χ2n) is 4.38. The summed E-state index contributed by atoms with van der Waals surface area (Å²) in [6.45, 7) is 0.0901. The van der Waals surface area contributed by atoms with Crippen molar-refractivity contribution < 1.29 is 4.79 Å². The van der Waals surface area contributed by atoms with Crippen LogP contribution in [-0.4, -0.2) is 18.2 Å². The third kappa shape index (κ3) is 3.28. The predicted molar refractivity (Wildman–Crippen MR) is 92.0 cm³/mol. The second-order valence-corrected chi connectivity index (χ2v) is 5.71. The van der Waals surface area contributed by atoms with Crippen LogP contribution in [0.2, 0.25) is 5.02 Å². The maximum atomic E-state index is 11.7. The molecule has 2 aromatic carbocycles. The van der Waals surface area contributed by atoms with Crippen LogP contribution in [0.1, 0.15) is 11.1 Å². The molecule has 0 bridgehead atoms. The molecule has 0 aliphatic carbocycles. The number of rotatable bonds is 1. The molecule has 0 aromatic heterocycles. The molecule has 1 N–H and O–H groups in total. The molecule has 0 unspecified atom stereocenters. The molecule has 0 saturated heterocycles. The standard InChI is InChI=1S/C15H10BrClN2O.ClH/c16-9-5-6-13-11(7-9)15(18-8-14(20)19-13)10-3-1-2-4-12(10)17;/h1-7H,8H2,(H,19,20);1H. The summed E-state index contributed by atoms with van der Waals surface area (Å²) < 4.78 is 0.923. The molecular formula is C15H11BrCl2N2O. The highest BCUT2D eigenvalue weighted by atomic mass is 79.9. The number of carbonyl (C=O) groups is 1. The van der Waals surface area contributed by atoms with Crippen LogP contribution in [0.5, 0.6) is 0 Å². The summed E-state index contributed by atoms with van der Waals surface area (Å²) in [6, 6.07) is 13.2. The number of halogens is 3. The third-order valence-corrected chi connectivity index (χ3v) is 3.84. The van der Waals surface area contributed by atoms with Crippen molar-refractivity contribution in [3.8, 4) is 0 Å². The lowest BCUT2D eigenvalue weighted by atomic mass is 10.0. The summed E-state index contributed by atoms with van der Waals surface area (Å²) >= 11 is 9.70. The van der Waals surface area contributed by atoms with Gasteiger partial charge in [-0.25, -0.2) is 0 Å². The molecule has 1 aliphatic heterocycles. The predicted octanol–water partition coefficient (Wildman–Crippen LogP) is 4.31. The first-order valence-corrected chi connectivity index (χ1v) is 7.21. The monoisotopic (exact) mass is 384 g/mol. The van der Waals surface area contributed by atoms with Crippen LogP contribution in [0.4, 0.5) is 5.69 Å². The minimum atomic E-state index is -0.129. The fraction of sp³-hybridized carbons (Fsp3) is 0.0667. The molecule has 1 amide bonds. The molecule has 0 atom stereocenters. The Balaban J connectivity index is 0.00000161. The summed E-state index contributed by atoms with van der Waals surface area (Å²) in [6.07, 6.45) is 0. The van der Waals surface area contributed by atoms with E-state index < -0.39 is 0 Å². The average molecular weight is 386 g/mol. The van der Waals surface area contributed by atoms with E-state index in [4.69, 9.17) is 11.6 Å². The molecule has 1 heterocycles. The van der Waals surface area contributed by atoms with Crippen molar-refractivity contribution in [2.75, 3.05) is 11.9 Å². The molecular weight excluding hydrogens is 375 g/mol. The van der Waals surface area contributed by atoms with Gasteiger partial charge < -0.3 is 5.32 Å². The Morgan fingerprint density at radius 3 is 2.67 bits per heavy atom. The number of amides is 1. The highest BCUT2D eigenvalue weighted by molar-refractivity contribution is 9.10. The van der Waals surface area contributed by atoms with Gasteiger partial charge in [0.2, 0.25) is 5.91 Å². The van der Waals surface area contributed by atoms with E-state index in [-0.39, 0.29) is 24.9 Å². The molecule has 21 heavy (non-hydrogen) atoms. The minimum Gasteiger partial charge on any atom is -0.324 e. The number of benzodiazepines with no additional fused rings is 1. The van der Waals surface area contributed by atoms with Gasteiger partial charge in [0.15, 0.2) is 0 Å². The Morgan fingerprint density at radius 1 is 1.14 bits per heavy atom. The first kappa shape index (κ1) is 16.0. The van der Waals surface area contributed by atoms with Gasteiger partial charge in [-0.3, -0.25) is 9.79 Å². The van der Waals surface area contributed by atoms with E-state index in [2.05, 4.69) is 26.2 Å². The second kappa shape index (κ2) is 6.60. The lowest BCUT2D eigenvalue weighted by Gasteiger charge is -2.11. The molecule has 3 nitrogen and oxygen atoms in total. The first-order chi connectivity index (χ1) is 9.65. The van der Waals surface area contributed by atoms with Gasteiger partial charge in [-0.05, 0) is 24.3 Å². The van der Waals surface area contributed by atoms with E-state index in [0.717, 1.165) is 27.0 Å². The number of aliphatic imine (C=N–C) groups is 1. The first-order valence-electron chi connectivity index (χ1n) is 6.04. The van der Waals surface area contributed by atoms with Gasteiger partial charge in [-0.2, -0.15) is 0 Å². The van der Waals surface area contributed by atoms with Crippen molar-refractivity contribution in [1.82, 2.24) is 0 Å². The van der Waals surface area contributed by atoms with Crippen LogP contribution >= 0.6 is 39.9 Å². The third-order valence-electron chi connectivity index (χ3n) is 3.02. The molecule has 6 heteroatoms. The molecule has 108 valence electrons. The topological polar surface area (TPSA) is 41.5 Å². The van der Waals surface area contributed by atoms with E-state index >= 15 is 0 Å². The quantitative estimate of drug-likeness (QED) is 0.780. The number of fused-ring (bicyclic) bond motifs is 1. The van der Waals surface area contributed by atoms with Gasteiger partial charge in [0.1, 0.15) is 6.54 Å². The van der Waals surface area contributed by atoms with Crippen LogP contribution in [0.3, 0.4) is 0 Å². The lowest BCUT2D eigenvalue weighted by Crippen LogP contribution is -2.13. The average Bonchev–Trinajstić information content (AvgIpc) is 2.58. The van der Waals surface area contributed by atoms with Crippen molar-refractivity contribution >= 4 is 57.2 Å². The zero-order valence-electron chi connectivity index (χ0n) is 10.8. The van der Waals surface area contributed by atoms with Gasteiger partial charge in [-0.15, -0.1) is 12.4 Å². The van der Waals surface area contributed by atoms with Crippen molar-refractivity contribution in [2.24, 2.45) is 4.99 Å². The number of nitrogens with zero attached hydrogens (tertiary/aromatic N) is 1. The lowest BCUT2D eigenvalue weighted by molar-refractivity contribution is -0.114. The zero-order chi connectivity index (χ0) is 14.1. The van der Waals surface area contributed by atoms with E-state index in [0.29, 0.717) is 5.02 Å². The number of nitrogens with one attached hydrogen (secondary N) is 1. The SMILES string of the molecule is Cl.O=C1CN=C(c2ccccc2Cl)c2cc(Br)ccc2N1. The van der Waals surface area contributed by atoms with Crippen molar-refractivity contribution in [3.63, 3.8) is 0 Å². The van der Waals surface area contributed by atoms with Gasteiger partial charge >= 0.3 is 0 Å². The fourth-order valence-electron chi connectivity index (χ4n) is 2.13. The maximum absolute atomic E-state index is 11.7. The summed E-state index contributed by atoms with van der Waals surface area (Å²) in [4.78, 5) is 16.1. The van der Waals surface area contributed by atoms with Crippen LogP contribution in [0.25, 0.3) is 0 Å². The van der Waals surface area contributed by atoms with Crippen molar-refractivity contribution in [2.45, 2.75) is 0 Å². The zero-order valence-corrected chi connectivity index (χ0v) is 13.9. The van der Waals surface area contributed by atoms with Crippen molar-refractivity contribution in [1.29, 1.82) is 0 Å². The Hall–Kier alpha value is -1.36. The number of carbonyl (C=O) groups excluding carboxylic acids is 1.